The van der Waals surface area contributed by atoms with Crippen molar-refractivity contribution in [2.24, 2.45) is 0 Å². The molecule has 0 fully saturated rings. The number of aromatic amines is 1. The molecule has 0 unspecified atom stereocenters. The van der Waals surface area contributed by atoms with Crippen molar-refractivity contribution in [1.29, 1.82) is 0 Å². The van der Waals surface area contributed by atoms with E-state index in [0.29, 0.717) is 23.8 Å². The lowest BCUT2D eigenvalue weighted by Crippen LogP contribution is -2.18. The van der Waals surface area contributed by atoms with Gasteiger partial charge < -0.3 is 14.7 Å². The zero-order chi connectivity index (χ0) is 12.1. The fraction of sp³-hybridized carbons (Fsp3) is 0.333. The maximum absolute atomic E-state index is 11.5. The highest BCUT2D eigenvalue weighted by molar-refractivity contribution is 5.45. The van der Waals surface area contributed by atoms with Crippen molar-refractivity contribution in [3.63, 3.8) is 0 Å². The maximum atomic E-state index is 11.5. The molecular formula is C12H15N3O2. The summed E-state index contributed by atoms with van der Waals surface area (Å²) >= 11 is 0. The Hall–Kier alpha value is -1.88. The summed E-state index contributed by atoms with van der Waals surface area (Å²) in [5.74, 6) is 1.04. The summed E-state index contributed by atoms with van der Waals surface area (Å²) in [5.41, 5.74) is 0.549. The van der Waals surface area contributed by atoms with Gasteiger partial charge in [-0.15, -0.1) is 0 Å². The molecule has 2 aromatic heterocycles. The molecule has 5 nitrogen and oxygen atoms in total. The topological polar surface area (TPSA) is 70.9 Å². The van der Waals surface area contributed by atoms with Gasteiger partial charge in [0.1, 0.15) is 0 Å². The van der Waals surface area contributed by atoms with Crippen molar-refractivity contribution in [2.75, 3.05) is 6.54 Å². The molecule has 0 atom stereocenters. The molecule has 0 bridgehead atoms. The third-order valence-electron chi connectivity index (χ3n) is 2.28. The van der Waals surface area contributed by atoms with Crippen LogP contribution in [0, 0.1) is 0 Å². The second-order valence-corrected chi connectivity index (χ2v) is 3.74. The van der Waals surface area contributed by atoms with Gasteiger partial charge in [-0.1, -0.05) is 6.92 Å². The number of H-pyrrole nitrogens is 1. The average molecular weight is 233 g/mol. The van der Waals surface area contributed by atoms with Crippen molar-refractivity contribution >= 4 is 0 Å². The summed E-state index contributed by atoms with van der Waals surface area (Å²) in [6, 6.07) is 5.02. The molecule has 0 aliphatic rings. The number of nitrogens with zero attached hydrogens (tertiary/aromatic N) is 1. The Labute approximate surface area is 98.9 Å². The van der Waals surface area contributed by atoms with E-state index in [1.165, 1.54) is 6.07 Å². The number of hydrogen-bond acceptors (Lipinski definition) is 4. The molecule has 2 heterocycles. The number of rotatable bonds is 5. The molecule has 2 rings (SSSR count). The van der Waals surface area contributed by atoms with Crippen LogP contribution in [-0.2, 0) is 6.54 Å². The van der Waals surface area contributed by atoms with E-state index in [2.05, 4.69) is 22.2 Å². The summed E-state index contributed by atoms with van der Waals surface area (Å²) < 4.78 is 5.20. The number of furan rings is 1. The Morgan fingerprint density at radius 2 is 2.41 bits per heavy atom. The van der Waals surface area contributed by atoms with Gasteiger partial charge in [0.25, 0.3) is 5.56 Å². The van der Waals surface area contributed by atoms with Crippen LogP contribution in [0.3, 0.4) is 0 Å². The average Bonchev–Trinajstić information content (AvgIpc) is 2.82. The summed E-state index contributed by atoms with van der Waals surface area (Å²) in [5, 5.41) is 3.21. The maximum Gasteiger partial charge on any atom is 0.251 e. The van der Waals surface area contributed by atoms with Crippen LogP contribution in [0.15, 0.2) is 33.7 Å². The van der Waals surface area contributed by atoms with Crippen LogP contribution >= 0.6 is 0 Å². The molecule has 0 aromatic carbocycles. The summed E-state index contributed by atoms with van der Waals surface area (Å²) in [4.78, 5) is 18.5. The van der Waals surface area contributed by atoms with E-state index in [1.54, 1.807) is 18.4 Å². The van der Waals surface area contributed by atoms with Crippen molar-refractivity contribution in [3.8, 4) is 11.6 Å². The summed E-state index contributed by atoms with van der Waals surface area (Å²) in [6.45, 7) is 3.59. The van der Waals surface area contributed by atoms with Gasteiger partial charge in [-0.2, -0.15) is 0 Å². The van der Waals surface area contributed by atoms with E-state index < -0.39 is 0 Å². The quantitative estimate of drug-likeness (QED) is 0.768. The van der Waals surface area contributed by atoms with E-state index in [9.17, 15) is 4.79 Å². The largest absolute Gasteiger partial charge is 0.461 e. The lowest BCUT2D eigenvalue weighted by atomic mass is 10.3. The molecular weight excluding hydrogens is 218 g/mol. The molecule has 17 heavy (non-hydrogen) atoms. The first-order chi connectivity index (χ1) is 8.29. The summed E-state index contributed by atoms with van der Waals surface area (Å²) in [7, 11) is 0. The Balaban J connectivity index is 2.21. The van der Waals surface area contributed by atoms with Crippen LogP contribution < -0.4 is 10.9 Å². The highest BCUT2D eigenvalue weighted by atomic mass is 16.3. The predicted octanol–water partition coefficient (Wildman–Crippen LogP) is 1.53. The molecule has 2 aromatic rings. The van der Waals surface area contributed by atoms with Gasteiger partial charge in [0.05, 0.1) is 12.0 Å². The minimum absolute atomic E-state index is 0.167. The zero-order valence-electron chi connectivity index (χ0n) is 9.69. The van der Waals surface area contributed by atoms with Crippen molar-refractivity contribution in [1.82, 2.24) is 15.3 Å². The van der Waals surface area contributed by atoms with Crippen LogP contribution in [0.5, 0.6) is 0 Å². The van der Waals surface area contributed by atoms with Gasteiger partial charge in [-0.25, -0.2) is 4.98 Å². The van der Waals surface area contributed by atoms with Gasteiger partial charge in [0.15, 0.2) is 11.6 Å². The Bertz CT molecular complexity index is 517. The molecule has 0 saturated heterocycles. The monoisotopic (exact) mass is 233 g/mol. The highest BCUT2D eigenvalue weighted by Crippen LogP contribution is 2.13. The van der Waals surface area contributed by atoms with Crippen LogP contribution in [0.4, 0.5) is 0 Å². The molecule has 0 radical (unpaired) electrons. The standard InChI is InChI=1S/C12H15N3O2/c1-2-5-13-8-9-7-11(16)15-12(14-9)10-4-3-6-17-10/h3-4,6-7,13H,2,5,8H2,1H3,(H,14,15,16). The predicted molar refractivity (Wildman–Crippen MR) is 64.6 cm³/mol. The molecule has 0 spiro atoms. The first-order valence-electron chi connectivity index (χ1n) is 5.64. The Kier molecular flexibility index (Phi) is 3.72. The van der Waals surface area contributed by atoms with Gasteiger partial charge in [-0.3, -0.25) is 4.79 Å². The van der Waals surface area contributed by atoms with E-state index in [-0.39, 0.29) is 5.56 Å². The molecule has 0 amide bonds. The van der Waals surface area contributed by atoms with E-state index in [0.717, 1.165) is 13.0 Å². The van der Waals surface area contributed by atoms with Crippen molar-refractivity contribution in [2.45, 2.75) is 19.9 Å². The molecule has 0 saturated carbocycles. The molecule has 90 valence electrons. The second-order valence-electron chi connectivity index (χ2n) is 3.74. The van der Waals surface area contributed by atoms with Crippen LogP contribution in [-0.4, -0.2) is 16.5 Å². The van der Waals surface area contributed by atoms with Crippen LogP contribution in [0.1, 0.15) is 19.0 Å². The van der Waals surface area contributed by atoms with Crippen molar-refractivity contribution < 1.29 is 4.42 Å². The number of hydrogen-bond donors (Lipinski definition) is 2. The number of nitrogens with one attached hydrogen (secondary N) is 2. The minimum atomic E-state index is -0.167. The minimum Gasteiger partial charge on any atom is -0.461 e. The SMILES string of the molecule is CCCNCc1cc(=O)[nH]c(-c2ccco2)n1. The Morgan fingerprint density at radius 1 is 1.53 bits per heavy atom. The van der Waals surface area contributed by atoms with Gasteiger partial charge in [0.2, 0.25) is 0 Å². The smallest absolute Gasteiger partial charge is 0.251 e. The zero-order valence-corrected chi connectivity index (χ0v) is 9.69. The lowest BCUT2D eigenvalue weighted by molar-refractivity contribution is 0.575. The normalized spacial score (nSPS) is 10.6. The van der Waals surface area contributed by atoms with E-state index in [1.807, 2.05) is 0 Å². The van der Waals surface area contributed by atoms with Gasteiger partial charge >= 0.3 is 0 Å². The van der Waals surface area contributed by atoms with Gasteiger partial charge in [-0.05, 0) is 25.1 Å². The molecule has 2 N–H and O–H groups in total. The fourth-order valence-corrected chi connectivity index (χ4v) is 1.52. The highest BCUT2D eigenvalue weighted by Gasteiger charge is 2.05. The summed E-state index contributed by atoms with van der Waals surface area (Å²) in [6.07, 6.45) is 2.60. The van der Waals surface area contributed by atoms with E-state index >= 15 is 0 Å². The van der Waals surface area contributed by atoms with E-state index in [4.69, 9.17) is 4.42 Å². The third-order valence-corrected chi connectivity index (χ3v) is 2.28. The Morgan fingerprint density at radius 3 is 3.12 bits per heavy atom. The van der Waals surface area contributed by atoms with Gasteiger partial charge in [0, 0.05) is 12.6 Å². The number of aromatic nitrogens is 2. The lowest BCUT2D eigenvalue weighted by Gasteiger charge is -2.03. The van der Waals surface area contributed by atoms with Crippen molar-refractivity contribution in [3.05, 3.63) is 40.5 Å². The van der Waals surface area contributed by atoms with Crippen LogP contribution in [0.2, 0.25) is 0 Å². The first-order valence-corrected chi connectivity index (χ1v) is 5.64. The first kappa shape index (κ1) is 11.6. The van der Waals surface area contributed by atoms with Crippen LogP contribution in [0.25, 0.3) is 11.6 Å². The second kappa shape index (κ2) is 5.45. The molecule has 0 aliphatic carbocycles. The fourth-order valence-electron chi connectivity index (χ4n) is 1.52. The third kappa shape index (κ3) is 3.04. The molecule has 5 heteroatoms. The molecule has 0 aliphatic heterocycles.